The third-order valence-electron chi connectivity index (χ3n) is 0. The summed E-state index contributed by atoms with van der Waals surface area (Å²) in [7, 11) is -5.61. The van der Waals surface area contributed by atoms with Crippen LogP contribution in [-0.4, -0.2) is 9.05 Å². The van der Waals surface area contributed by atoms with Gasteiger partial charge < -0.3 is 33.7 Å². The average molecular weight is 164 g/mol. The maximum atomic E-state index is 8.58. The van der Waals surface area contributed by atoms with Crippen molar-refractivity contribution >= 4 is 9.05 Å². The predicted octanol–water partition coefficient (Wildman–Crippen LogP) is -5.26. The summed E-state index contributed by atoms with van der Waals surface area (Å²) in [5.74, 6) is 0. The fraction of sp³-hybridized carbons (Fsp3) is 0. The topological polar surface area (TPSA) is 121 Å². The minimum absolute atomic E-state index is 0. The largest absolute Gasteiger partial charge is 6.00 e. The molecule has 0 aromatic rings. The van der Waals surface area contributed by atoms with Crippen molar-refractivity contribution in [2.75, 3.05) is 0 Å². The molecule has 0 aliphatic rings. The second-order valence-electron chi connectivity index (χ2n) is 0.500. The van der Waals surface area contributed by atoms with Crippen molar-refractivity contribution in [3.8, 4) is 0 Å². The molecule has 0 saturated carbocycles. The molecule has 0 aromatic heterocycles. The molecule has 0 heterocycles. The summed E-state index contributed by atoms with van der Waals surface area (Å²) in [6, 6.07) is 0. The number of hydrogen-bond donors (Lipinski definition) is 0. The molecule has 0 spiro atoms. The van der Waals surface area contributed by atoms with Gasteiger partial charge in [0.1, 0.15) is 0 Å². The molecule has 0 rings (SSSR count). The van der Waals surface area contributed by atoms with Crippen LogP contribution in [0.2, 0.25) is 0 Å². The van der Waals surface area contributed by atoms with Crippen molar-refractivity contribution in [2.24, 2.45) is 0 Å². The van der Waals surface area contributed by atoms with Gasteiger partial charge in [-0.25, -0.2) is 0 Å². The summed E-state index contributed by atoms with van der Waals surface area (Å²) >= 11 is 0. The van der Waals surface area contributed by atoms with Crippen molar-refractivity contribution in [2.45, 2.75) is 0 Å². The molecule has 0 saturated heterocycles. The third kappa shape index (κ3) is 468. The quantitative estimate of drug-likeness (QED) is 0.332. The van der Waals surface area contributed by atoms with Crippen LogP contribution in [0.1, 0.15) is 0 Å². The maximum Gasteiger partial charge on any atom is 6.00 e. The zero-order valence-electron chi connectivity index (χ0n) is 2.89. The molecule has 0 N–H and O–H groups in total. The molecule has 7 heavy (non-hydrogen) atoms. The van der Waals surface area contributed by atoms with Gasteiger partial charge in [0.15, 0.2) is 0 Å². The molecule has 0 unspecified atom stereocenters. The Morgan fingerprint density at radius 2 is 0.857 bits per heavy atom. The third-order valence-corrected chi connectivity index (χ3v) is 0. The Balaban J connectivity index is -0.0000000800. The first kappa shape index (κ1) is 15.6. The maximum absolute atomic E-state index is 8.58. The van der Waals surface area contributed by atoms with Crippen LogP contribution in [0.4, 0.5) is 0 Å². The molecule has 7 heteroatoms. The average Bonchev–Trinajstić information content (AvgIpc) is 0.722. The fourth-order valence-corrected chi connectivity index (χ4v) is 0. The van der Waals surface area contributed by atoms with Gasteiger partial charge >= 0.3 is 17.1 Å². The van der Waals surface area contributed by atoms with E-state index in [0.29, 0.717) is 0 Å². The minimum Gasteiger partial charge on any atom is -2.00 e. The SMILES string of the molecule is [Fe+6].[O-2].[O-][Si]([O-])([O-])[O-]. The zero-order valence-corrected chi connectivity index (χ0v) is 5.00. The molecule has 0 fully saturated rings. The van der Waals surface area contributed by atoms with Gasteiger partial charge in [0.05, 0.1) is 0 Å². The predicted molar refractivity (Wildman–Crippen MR) is 6.44 cm³/mol. The summed E-state index contributed by atoms with van der Waals surface area (Å²) in [6.45, 7) is 0. The summed E-state index contributed by atoms with van der Waals surface area (Å²) in [5.41, 5.74) is 0. The summed E-state index contributed by atoms with van der Waals surface area (Å²) in [5, 5.41) is 0. The van der Waals surface area contributed by atoms with Crippen LogP contribution < -0.4 is 19.2 Å². The van der Waals surface area contributed by atoms with Gasteiger partial charge in [0.25, 0.3) is 0 Å². The molecule has 0 amide bonds. The van der Waals surface area contributed by atoms with Gasteiger partial charge in [-0.3, -0.25) is 0 Å². The van der Waals surface area contributed by atoms with E-state index >= 15 is 0 Å². The van der Waals surface area contributed by atoms with Crippen LogP contribution in [-0.2, 0) is 22.5 Å². The van der Waals surface area contributed by atoms with E-state index in [2.05, 4.69) is 0 Å². The van der Waals surface area contributed by atoms with Crippen molar-refractivity contribution in [3.63, 3.8) is 0 Å². The van der Waals surface area contributed by atoms with Crippen LogP contribution >= 0.6 is 0 Å². The van der Waals surface area contributed by atoms with Crippen LogP contribution in [0.15, 0.2) is 0 Å². The van der Waals surface area contributed by atoms with Gasteiger partial charge in [0, 0.05) is 0 Å². The molecule has 0 bridgehead atoms. The normalized spacial score (nSPS) is 8.57. The van der Waals surface area contributed by atoms with Gasteiger partial charge in [-0.05, 0) is 0 Å². The zero-order chi connectivity index (χ0) is 4.50. The van der Waals surface area contributed by atoms with E-state index in [9.17, 15) is 0 Å². The fourth-order valence-electron chi connectivity index (χ4n) is 0. The van der Waals surface area contributed by atoms with Gasteiger partial charge in [-0.1, -0.05) is 0 Å². The Bertz CT molecular complexity index is 23.6. The van der Waals surface area contributed by atoms with Crippen LogP contribution in [0, 0.1) is 0 Å². The molecule has 42 valence electrons. The second-order valence-corrected chi connectivity index (χ2v) is 1.50. The van der Waals surface area contributed by atoms with E-state index in [1.54, 1.807) is 0 Å². The molecule has 5 nitrogen and oxygen atoms in total. The van der Waals surface area contributed by atoms with Crippen molar-refractivity contribution < 1.29 is 41.7 Å². The molecular formula is FeO5Si. The molecular weight excluding hydrogens is 164 g/mol. The van der Waals surface area contributed by atoms with Crippen molar-refractivity contribution in [1.82, 2.24) is 0 Å². The van der Waals surface area contributed by atoms with Gasteiger partial charge in [-0.2, -0.15) is 0 Å². The summed E-state index contributed by atoms with van der Waals surface area (Å²) in [4.78, 5) is 34.3. The van der Waals surface area contributed by atoms with Crippen molar-refractivity contribution in [1.29, 1.82) is 0 Å². The molecule has 0 aliphatic carbocycles. The number of hydrogen-bond acceptors (Lipinski definition) is 4. The summed E-state index contributed by atoms with van der Waals surface area (Å²) < 4.78 is 0. The molecule has 0 atom stereocenters. The van der Waals surface area contributed by atoms with E-state index in [1.165, 1.54) is 0 Å². The Kier molecular flexibility index (Phi) is 10.5. The minimum atomic E-state index is -5.61. The van der Waals surface area contributed by atoms with Crippen LogP contribution in [0.25, 0.3) is 0 Å². The molecule has 0 aromatic carbocycles. The van der Waals surface area contributed by atoms with Crippen LogP contribution in [0.3, 0.4) is 0 Å². The Labute approximate surface area is 51.5 Å². The first-order valence-corrected chi connectivity index (χ1v) is 2.45. The number of rotatable bonds is 0. The molecule has 0 radical (unpaired) electrons. The smallest absolute Gasteiger partial charge is 2.00 e. The molecule has 0 aliphatic heterocycles. The van der Waals surface area contributed by atoms with E-state index in [0.717, 1.165) is 0 Å². The van der Waals surface area contributed by atoms with E-state index in [1.807, 2.05) is 0 Å². The van der Waals surface area contributed by atoms with Gasteiger partial charge in [-0.15, -0.1) is 0 Å². The Hall–Kier alpha value is 0.536. The summed E-state index contributed by atoms with van der Waals surface area (Å²) in [6.07, 6.45) is 0. The first-order chi connectivity index (χ1) is 2.00. The monoisotopic (exact) mass is 164 g/mol. The van der Waals surface area contributed by atoms with Crippen LogP contribution in [0.5, 0.6) is 0 Å². The Morgan fingerprint density at radius 3 is 0.857 bits per heavy atom. The van der Waals surface area contributed by atoms with E-state index < -0.39 is 9.05 Å². The van der Waals surface area contributed by atoms with E-state index in [-0.39, 0.29) is 22.5 Å². The van der Waals surface area contributed by atoms with Crippen molar-refractivity contribution in [3.05, 3.63) is 0 Å². The Morgan fingerprint density at radius 1 is 0.857 bits per heavy atom. The second kappa shape index (κ2) is 4.69. The first-order valence-electron chi connectivity index (χ1n) is 0.816. The van der Waals surface area contributed by atoms with Gasteiger partial charge in [0.2, 0.25) is 0 Å². The standard InChI is InChI=1S/Fe.O4Si.O/c;1-5(2,3)4;/q+6;-4;-2. The van der Waals surface area contributed by atoms with E-state index in [4.69, 9.17) is 19.2 Å².